The Bertz CT molecular complexity index is 461. The molecule has 1 aromatic heterocycles. The van der Waals surface area contributed by atoms with Crippen molar-refractivity contribution < 1.29 is 4.74 Å². The Hall–Kier alpha value is -0.880. The minimum atomic E-state index is 0.213. The molecule has 0 unspecified atom stereocenters. The molecule has 76 valence electrons. The van der Waals surface area contributed by atoms with Gasteiger partial charge in [-0.25, -0.2) is 9.97 Å². The lowest BCUT2D eigenvalue weighted by molar-refractivity contribution is 0.474. The monoisotopic (exact) mass is 332 g/mol. The highest BCUT2D eigenvalue weighted by atomic mass is 127. The lowest BCUT2D eigenvalue weighted by Crippen LogP contribution is -1.89. The van der Waals surface area contributed by atoms with Gasteiger partial charge in [-0.2, -0.15) is 0 Å². The van der Waals surface area contributed by atoms with E-state index in [0.29, 0.717) is 5.75 Å². The molecule has 3 nitrogen and oxygen atoms in total. The predicted octanol–water partition coefficient (Wildman–Crippen LogP) is 3.53. The molecule has 0 saturated heterocycles. The first-order chi connectivity index (χ1) is 7.25. The maximum Gasteiger partial charge on any atom is 0.222 e. The minimum Gasteiger partial charge on any atom is -0.453 e. The molecule has 2 aromatic rings. The lowest BCUT2D eigenvalue weighted by Gasteiger charge is -2.05. The number of ether oxygens (including phenoxy) is 1. The Morgan fingerprint density at radius 1 is 1.13 bits per heavy atom. The molecule has 0 radical (unpaired) electrons. The molecule has 5 heteroatoms. The van der Waals surface area contributed by atoms with Crippen molar-refractivity contribution in [3.8, 4) is 11.5 Å². The van der Waals surface area contributed by atoms with Crippen LogP contribution in [0.5, 0.6) is 11.5 Å². The van der Waals surface area contributed by atoms with Gasteiger partial charge in [0, 0.05) is 0 Å². The first kappa shape index (κ1) is 10.6. The molecule has 0 spiro atoms. The molecular formula is C10H6ClIN2O. The second kappa shape index (κ2) is 4.76. The largest absolute Gasteiger partial charge is 0.453 e. The fourth-order valence-electron chi connectivity index (χ4n) is 1.01. The summed E-state index contributed by atoms with van der Waals surface area (Å²) in [5.41, 5.74) is 0. The maximum absolute atomic E-state index is 5.57. The SMILES string of the molecule is Clc1ncc(Oc2ccccc2I)cn1. The summed E-state index contributed by atoms with van der Waals surface area (Å²) >= 11 is 7.77. The highest BCUT2D eigenvalue weighted by Gasteiger charge is 2.01. The van der Waals surface area contributed by atoms with E-state index in [-0.39, 0.29) is 5.28 Å². The van der Waals surface area contributed by atoms with Gasteiger partial charge in [0.25, 0.3) is 0 Å². The second-order valence-electron chi connectivity index (χ2n) is 2.72. The zero-order valence-electron chi connectivity index (χ0n) is 7.52. The summed E-state index contributed by atoms with van der Waals surface area (Å²) in [5.74, 6) is 1.35. The van der Waals surface area contributed by atoms with Gasteiger partial charge in [-0.05, 0) is 46.3 Å². The zero-order chi connectivity index (χ0) is 10.7. The second-order valence-corrected chi connectivity index (χ2v) is 4.22. The fraction of sp³-hybridized carbons (Fsp3) is 0. The molecule has 0 N–H and O–H groups in total. The topological polar surface area (TPSA) is 35.0 Å². The third-order valence-electron chi connectivity index (χ3n) is 1.66. The Balaban J connectivity index is 2.22. The molecule has 0 aliphatic rings. The average molecular weight is 333 g/mol. The number of hydrogen-bond acceptors (Lipinski definition) is 3. The van der Waals surface area contributed by atoms with Crippen molar-refractivity contribution in [3.05, 3.63) is 45.5 Å². The Labute approximate surface area is 106 Å². The van der Waals surface area contributed by atoms with Gasteiger partial charge in [0.05, 0.1) is 16.0 Å². The maximum atomic E-state index is 5.57. The summed E-state index contributed by atoms with van der Waals surface area (Å²) in [5, 5.41) is 0.213. The molecule has 15 heavy (non-hydrogen) atoms. The van der Waals surface area contributed by atoms with Crippen LogP contribution < -0.4 is 4.74 Å². The predicted molar refractivity (Wildman–Crippen MR) is 66.3 cm³/mol. The van der Waals surface area contributed by atoms with Gasteiger partial charge in [-0.3, -0.25) is 0 Å². The Morgan fingerprint density at radius 2 is 1.80 bits per heavy atom. The van der Waals surface area contributed by atoms with Crippen LogP contribution in [0.4, 0.5) is 0 Å². The van der Waals surface area contributed by atoms with Crippen LogP contribution in [0.2, 0.25) is 5.28 Å². The van der Waals surface area contributed by atoms with E-state index in [9.17, 15) is 0 Å². The van der Waals surface area contributed by atoms with Crippen molar-refractivity contribution in [2.45, 2.75) is 0 Å². The van der Waals surface area contributed by atoms with Crippen molar-refractivity contribution in [2.24, 2.45) is 0 Å². The molecule has 0 bridgehead atoms. The van der Waals surface area contributed by atoms with Crippen molar-refractivity contribution in [1.29, 1.82) is 0 Å². The van der Waals surface area contributed by atoms with Crippen molar-refractivity contribution >= 4 is 34.2 Å². The van der Waals surface area contributed by atoms with Crippen molar-refractivity contribution in [2.75, 3.05) is 0 Å². The van der Waals surface area contributed by atoms with E-state index in [0.717, 1.165) is 9.32 Å². The number of para-hydroxylation sites is 1. The summed E-state index contributed by atoms with van der Waals surface area (Å²) in [6, 6.07) is 7.71. The number of halogens is 2. The number of hydrogen-bond donors (Lipinski definition) is 0. The van der Waals surface area contributed by atoms with E-state index in [1.165, 1.54) is 0 Å². The molecule has 2 rings (SSSR count). The Kier molecular flexibility index (Phi) is 3.37. The highest BCUT2D eigenvalue weighted by molar-refractivity contribution is 14.1. The zero-order valence-corrected chi connectivity index (χ0v) is 10.4. The smallest absolute Gasteiger partial charge is 0.222 e. The van der Waals surface area contributed by atoms with Gasteiger partial charge < -0.3 is 4.74 Å². The van der Waals surface area contributed by atoms with Crippen LogP contribution in [0.25, 0.3) is 0 Å². The first-order valence-electron chi connectivity index (χ1n) is 4.15. The van der Waals surface area contributed by atoms with Crippen LogP contribution in [0, 0.1) is 3.57 Å². The summed E-state index contributed by atoms with van der Waals surface area (Å²) in [4.78, 5) is 7.66. The quantitative estimate of drug-likeness (QED) is 0.623. The van der Waals surface area contributed by atoms with E-state index < -0.39 is 0 Å². The number of nitrogens with zero attached hydrogens (tertiary/aromatic N) is 2. The fourth-order valence-corrected chi connectivity index (χ4v) is 1.60. The highest BCUT2D eigenvalue weighted by Crippen LogP contribution is 2.25. The summed E-state index contributed by atoms with van der Waals surface area (Å²) in [7, 11) is 0. The van der Waals surface area contributed by atoms with Crippen LogP contribution in [0.3, 0.4) is 0 Å². The number of benzene rings is 1. The molecule has 1 aromatic carbocycles. The third-order valence-corrected chi connectivity index (χ3v) is 2.75. The van der Waals surface area contributed by atoms with E-state index in [2.05, 4.69) is 32.6 Å². The number of rotatable bonds is 2. The molecule has 0 fully saturated rings. The molecule has 0 saturated carbocycles. The van der Waals surface area contributed by atoms with E-state index in [1.54, 1.807) is 12.4 Å². The van der Waals surface area contributed by atoms with Crippen LogP contribution in [0.1, 0.15) is 0 Å². The molecule has 0 atom stereocenters. The summed E-state index contributed by atoms with van der Waals surface area (Å²) in [6.45, 7) is 0. The molecular weight excluding hydrogens is 326 g/mol. The van der Waals surface area contributed by atoms with Gasteiger partial charge in [0.2, 0.25) is 5.28 Å². The van der Waals surface area contributed by atoms with Crippen LogP contribution >= 0.6 is 34.2 Å². The third kappa shape index (κ3) is 2.79. The van der Waals surface area contributed by atoms with Crippen LogP contribution in [-0.4, -0.2) is 9.97 Å². The normalized spacial score (nSPS) is 10.0. The average Bonchev–Trinajstić information content (AvgIpc) is 2.25. The van der Waals surface area contributed by atoms with Gasteiger partial charge in [0.1, 0.15) is 5.75 Å². The lowest BCUT2D eigenvalue weighted by atomic mass is 10.3. The van der Waals surface area contributed by atoms with Gasteiger partial charge in [-0.1, -0.05) is 12.1 Å². The molecule has 0 amide bonds. The summed E-state index contributed by atoms with van der Waals surface area (Å²) < 4.78 is 6.61. The van der Waals surface area contributed by atoms with Gasteiger partial charge in [0.15, 0.2) is 5.75 Å². The number of aromatic nitrogens is 2. The van der Waals surface area contributed by atoms with Crippen molar-refractivity contribution in [3.63, 3.8) is 0 Å². The molecule has 0 aliphatic heterocycles. The van der Waals surface area contributed by atoms with Crippen LogP contribution in [0.15, 0.2) is 36.7 Å². The van der Waals surface area contributed by atoms with Crippen molar-refractivity contribution in [1.82, 2.24) is 9.97 Å². The summed E-state index contributed by atoms with van der Waals surface area (Å²) in [6.07, 6.45) is 3.08. The first-order valence-corrected chi connectivity index (χ1v) is 5.61. The van der Waals surface area contributed by atoms with Gasteiger partial charge >= 0.3 is 0 Å². The van der Waals surface area contributed by atoms with Crippen LogP contribution in [-0.2, 0) is 0 Å². The molecule has 1 heterocycles. The minimum absolute atomic E-state index is 0.213. The van der Waals surface area contributed by atoms with E-state index in [4.69, 9.17) is 16.3 Å². The van der Waals surface area contributed by atoms with Gasteiger partial charge in [-0.15, -0.1) is 0 Å². The molecule has 0 aliphatic carbocycles. The standard InChI is InChI=1S/C10H6ClIN2O/c11-10-13-5-7(6-14-10)15-9-4-2-1-3-8(9)12/h1-6H. The van der Waals surface area contributed by atoms with E-state index in [1.807, 2.05) is 24.3 Å². The van der Waals surface area contributed by atoms with E-state index >= 15 is 0 Å². The Morgan fingerprint density at radius 3 is 2.47 bits per heavy atom.